The molecule has 1 aromatic heterocycles. The van der Waals surface area contributed by atoms with Crippen molar-refractivity contribution in [3.63, 3.8) is 0 Å². The van der Waals surface area contributed by atoms with Gasteiger partial charge in [-0.2, -0.15) is 0 Å². The number of halogens is 1. The first-order valence-electron chi connectivity index (χ1n) is 10.1. The molecule has 1 unspecified atom stereocenters. The maximum absolute atomic E-state index is 13.9. The number of hydrogen-bond donors (Lipinski definition) is 1. The summed E-state index contributed by atoms with van der Waals surface area (Å²) in [6.45, 7) is 1.77. The Morgan fingerprint density at radius 1 is 1.17 bits per heavy atom. The minimum absolute atomic E-state index is 0.0208. The SMILES string of the molecule is COc1ccc(F)cc1/C(O)=C1\C(=O)C(=O)N(C2CCCCC2)C1c1ccc(C)o1. The van der Waals surface area contributed by atoms with E-state index in [1.165, 1.54) is 24.1 Å². The van der Waals surface area contributed by atoms with Gasteiger partial charge in [-0.3, -0.25) is 9.59 Å². The van der Waals surface area contributed by atoms with E-state index in [0.717, 1.165) is 38.2 Å². The van der Waals surface area contributed by atoms with Crippen molar-refractivity contribution in [3.8, 4) is 5.75 Å². The van der Waals surface area contributed by atoms with E-state index in [1.807, 2.05) is 0 Å². The van der Waals surface area contributed by atoms with Crippen molar-refractivity contribution < 1.29 is 28.2 Å². The molecular weight excluding hydrogens is 389 g/mol. The van der Waals surface area contributed by atoms with E-state index in [9.17, 15) is 19.1 Å². The molecule has 4 rings (SSSR count). The number of benzene rings is 1. The first-order valence-corrected chi connectivity index (χ1v) is 10.1. The van der Waals surface area contributed by atoms with Gasteiger partial charge in [-0.25, -0.2) is 4.39 Å². The third kappa shape index (κ3) is 3.38. The van der Waals surface area contributed by atoms with E-state index >= 15 is 0 Å². The highest BCUT2D eigenvalue weighted by Gasteiger charge is 2.50. The smallest absolute Gasteiger partial charge is 0.296 e. The average molecular weight is 413 g/mol. The van der Waals surface area contributed by atoms with Crippen molar-refractivity contribution in [1.82, 2.24) is 4.90 Å². The van der Waals surface area contributed by atoms with Gasteiger partial charge in [-0.15, -0.1) is 0 Å². The van der Waals surface area contributed by atoms with E-state index in [2.05, 4.69) is 0 Å². The van der Waals surface area contributed by atoms with Crippen molar-refractivity contribution in [2.24, 2.45) is 0 Å². The Labute approximate surface area is 173 Å². The van der Waals surface area contributed by atoms with Gasteiger partial charge in [0.25, 0.3) is 11.7 Å². The molecule has 2 aromatic rings. The van der Waals surface area contributed by atoms with Crippen molar-refractivity contribution in [1.29, 1.82) is 0 Å². The van der Waals surface area contributed by atoms with Crippen LogP contribution < -0.4 is 4.74 Å². The minimum Gasteiger partial charge on any atom is -0.507 e. The molecule has 0 radical (unpaired) electrons. The number of carbonyl (C=O) groups is 2. The van der Waals surface area contributed by atoms with Crippen LogP contribution in [0.2, 0.25) is 0 Å². The number of amides is 1. The molecule has 6 nitrogen and oxygen atoms in total. The summed E-state index contributed by atoms with van der Waals surface area (Å²) in [6.07, 6.45) is 4.59. The molecule has 2 aliphatic rings. The molecule has 158 valence electrons. The summed E-state index contributed by atoms with van der Waals surface area (Å²) in [4.78, 5) is 27.6. The predicted molar refractivity (Wildman–Crippen MR) is 107 cm³/mol. The Kier molecular flexibility index (Phi) is 5.37. The lowest BCUT2D eigenvalue weighted by molar-refractivity contribution is -0.142. The molecule has 30 heavy (non-hydrogen) atoms. The normalized spacial score (nSPS) is 22.0. The van der Waals surface area contributed by atoms with Crippen LogP contribution in [0.1, 0.15) is 55.2 Å². The number of aryl methyl sites for hydroxylation is 1. The number of methoxy groups -OCH3 is 1. The Balaban J connectivity index is 1.90. The summed E-state index contributed by atoms with van der Waals surface area (Å²) in [5, 5.41) is 11.1. The molecule has 1 amide bonds. The average Bonchev–Trinajstić information content (AvgIpc) is 3.29. The fraction of sp³-hybridized carbons (Fsp3) is 0.391. The number of furan rings is 1. The fourth-order valence-corrected chi connectivity index (χ4v) is 4.48. The summed E-state index contributed by atoms with van der Waals surface area (Å²) in [5.74, 6) is -1.31. The van der Waals surface area contributed by atoms with Crippen LogP contribution in [0.25, 0.3) is 5.76 Å². The first kappa shape index (κ1) is 20.2. The second kappa shape index (κ2) is 7.97. The third-order valence-electron chi connectivity index (χ3n) is 5.90. The van der Waals surface area contributed by atoms with Gasteiger partial charge in [0, 0.05) is 6.04 Å². The van der Waals surface area contributed by atoms with E-state index in [-0.39, 0.29) is 22.9 Å². The Morgan fingerprint density at radius 3 is 2.53 bits per heavy atom. The van der Waals surface area contributed by atoms with Crippen LogP contribution in [0.4, 0.5) is 4.39 Å². The number of aliphatic hydroxyl groups is 1. The quantitative estimate of drug-likeness (QED) is 0.454. The van der Waals surface area contributed by atoms with Gasteiger partial charge in [0.15, 0.2) is 0 Å². The van der Waals surface area contributed by atoms with Crippen molar-refractivity contribution in [2.75, 3.05) is 7.11 Å². The highest BCUT2D eigenvalue weighted by atomic mass is 19.1. The highest BCUT2D eigenvalue weighted by molar-refractivity contribution is 6.46. The van der Waals surface area contributed by atoms with Crippen molar-refractivity contribution in [2.45, 2.75) is 51.1 Å². The summed E-state index contributed by atoms with van der Waals surface area (Å²) >= 11 is 0. The standard InChI is InChI=1S/C23H24FNO5/c1-13-8-10-18(30-13)20-19(21(26)16-12-14(24)9-11-17(16)29-2)22(27)23(28)25(20)15-6-4-3-5-7-15/h8-12,15,20,26H,3-7H2,1-2H3/b21-19+. The summed E-state index contributed by atoms with van der Waals surface area (Å²) in [7, 11) is 1.39. The summed E-state index contributed by atoms with van der Waals surface area (Å²) < 4.78 is 24.9. The zero-order valence-electron chi connectivity index (χ0n) is 17.0. The number of carbonyl (C=O) groups excluding carboxylic acids is 2. The molecule has 1 saturated heterocycles. The number of hydrogen-bond acceptors (Lipinski definition) is 5. The molecular formula is C23H24FNO5. The van der Waals surface area contributed by atoms with E-state index < -0.39 is 29.3 Å². The fourth-order valence-electron chi connectivity index (χ4n) is 4.48. The molecule has 1 saturated carbocycles. The first-order chi connectivity index (χ1) is 14.4. The lowest BCUT2D eigenvalue weighted by atomic mass is 9.92. The molecule has 2 fully saturated rings. The molecule has 1 N–H and O–H groups in total. The van der Waals surface area contributed by atoms with Crippen LogP contribution in [-0.4, -0.2) is 34.8 Å². The lowest BCUT2D eigenvalue weighted by Gasteiger charge is -2.34. The van der Waals surface area contributed by atoms with E-state index in [4.69, 9.17) is 9.15 Å². The van der Waals surface area contributed by atoms with Crippen LogP contribution in [0, 0.1) is 12.7 Å². The number of Topliss-reactive ketones (excluding diaryl/α,β-unsaturated/α-hetero) is 1. The van der Waals surface area contributed by atoms with E-state index in [1.54, 1.807) is 19.1 Å². The molecule has 7 heteroatoms. The van der Waals surface area contributed by atoms with Gasteiger partial charge in [0.2, 0.25) is 0 Å². The van der Waals surface area contributed by atoms with Crippen LogP contribution in [-0.2, 0) is 9.59 Å². The number of likely N-dealkylation sites (tertiary alicyclic amines) is 1. The number of rotatable bonds is 4. The van der Waals surface area contributed by atoms with Gasteiger partial charge in [0.05, 0.1) is 18.2 Å². The molecule has 0 spiro atoms. The minimum atomic E-state index is -0.866. The van der Waals surface area contributed by atoms with Crippen molar-refractivity contribution >= 4 is 17.4 Å². The molecule has 2 heterocycles. The van der Waals surface area contributed by atoms with Gasteiger partial charge in [-0.05, 0) is 50.1 Å². The topological polar surface area (TPSA) is 80.0 Å². The maximum atomic E-state index is 13.9. The highest BCUT2D eigenvalue weighted by Crippen LogP contribution is 2.44. The van der Waals surface area contributed by atoms with Gasteiger partial charge in [-0.1, -0.05) is 19.3 Å². The zero-order valence-corrected chi connectivity index (χ0v) is 17.0. The molecule has 1 aliphatic carbocycles. The maximum Gasteiger partial charge on any atom is 0.296 e. The molecule has 1 atom stereocenters. The Bertz CT molecular complexity index is 1020. The number of ketones is 1. The molecule has 1 aliphatic heterocycles. The largest absolute Gasteiger partial charge is 0.507 e. The van der Waals surface area contributed by atoms with Gasteiger partial charge in [0.1, 0.15) is 34.9 Å². The number of nitrogens with zero attached hydrogens (tertiary/aromatic N) is 1. The van der Waals surface area contributed by atoms with Crippen LogP contribution >= 0.6 is 0 Å². The lowest BCUT2D eigenvalue weighted by Crippen LogP contribution is -2.40. The second-order valence-corrected chi connectivity index (χ2v) is 7.79. The number of aliphatic hydroxyl groups excluding tert-OH is 1. The summed E-state index contributed by atoms with van der Waals surface area (Å²) in [6, 6.07) is 6.13. The monoisotopic (exact) mass is 413 g/mol. The van der Waals surface area contributed by atoms with Gasteiger partial charge < -0.3 is 19.2 Å². The van der Waals surface area contributed by atoms with Crippen molar-refractivity contribution in [3.05, 3.63) is 58.8 Å². The van der Waals surface area contributed by atoms with Crippen LogP contribution in [0.15, 0.2) is 40.3 Å². The second-order valence-electron chi connectivity index (χ2n) is 7.79. The summed E-state index contributed by atoms with van der Waals surface area (Å²) in [5.41, 5.74) is -0.0868. The molecule has 1 aromatic carbocycles. The predicted octanol–water partition coefficient (Wildman–Crippen LogP) is 4.49. The Hall–Kier alpha value is -3.09. The Morgan fingerprint density at radius 2 is 1.90 bits per heavy atom. The number of ether oxygens (including phenoxy) is 1. The zero-order chi connectivity index (χ0) is 21.4. The van der Waals surface area contributed by atoms with Crippen LogP contribution in [0.5, 0.6) is 5.75 Å². The van der Waals surface area contributed by atoms with E-state index in [0.29, 0.717) is 11.5 Å². The molecule has 0 bridgehead atoms. The van der Waals surface area contributed by atoms with Crippen LogP contribution in [0.3, 0.4) is 0 Å². The van der Waals surface area contributed by atoms with Gasteiger partial charge >= 0.3 is 0 Å². The third-order valence-corrected chi connectivity index (χ3v) is 5.90.